The fourth-order valence-corrected chi connectivity index (χ4v) is 1.78. The van der Waals surface area contributed by atoms with Crippen molar-refractivity contribution in [3.8, 4) is 0 Å². The molecule has 1 aromatic rings. The minimum Gasteiger partial charge on any atom is -0.481 e. The lowest BCUT2D eigenvalue weighted by Crippen LogP contribution is -2.25. The number of benzene rings is 1. The van der Waals surface area contributed by atoms with Crippen molar-refractivity contribution in [1.82, 2.24) is 5.32 Å². The fraction of sp³-hybridized carbons (Fsp3) is 0.467. The molecule has 4 heteroatoms. The highest BCUT2D eigenvalue weighted by molar-refractivity contribution is 5.95. The molecule has 0 saturated carbocycles. The highest BCUT2D eigenvalue weighted by atomic mass is 16.4. The molecule has 0 bridgehead atoms. The van der Waals surface area contributed by atoms with E-state index in [0.717, 1.165) is 11.1 Å². The van der Waals surface area contributed by atoms with Gasteiger partial charge in [-0.25, -0.2) is 0 Å². The number of aliphatic carboxylic acids is 1. The predicted molar refractivity (Wildman–Crippen MR) is 74.5 cm³/mol. The third-order valence-corrected chi connectivity index (χ3v) is 3.03. The number of amides is 1. The van der Waals surface area contributed by atoms with Gasteiger partial charge in [0.1, 0.15) is 0 Å². The maximum atomic E-state index is 12.0. The average molecular weight is 263 g/mol. The number of carboxylic acid groups (broad SMARTS) is 1. The second-order valence-corrected chi connectivity index (χ2v) is 4.98. The van der Waals surface area contributed by atoms with Crippen LogP contribution in [-0.2, 0) is 4.79 Å². The van der Waals surface area contributed by atoms with E-state index in [1.807, 2.05) is 25.1 Å². The lowest BCUT2D eigenvalue weighted by molar-refractivity contribution is -0.137. The zero-order chi connectivity index (χ0) is 14.4. The van der Waals surface area contributed by atoms with Crippen molar-refractivity contribution in [1.29, 1.82) is 0 Å². The Morgan fingerprint density at radius 2 is 2.00 bits per heavy atom. The lowest BCUT2D eigenvalue weighted by Gasteiger charge is -2.11. The van der Waals surface area contributed by atoms with Crippen LogP contribution >= 0.6 is 0 Å². The molecule has 104 valence electrons. The molecule has 0 aromatic heterocycles. The number of carbonyl (C=O) groups is 2. The number of rotatable bonds is 6. The molecule has 0 spiro atoms. The lowest BCUT2D eigenvalue weighted by atomic mass is 9.97. The van der Waals surface area contributed by atoms with Gasteiger partial charge < -0.3 is 10.4 Å². The third kappa shape index (κ3) is 4.73. The summed E-state index contributed by atoms with van der Waals surface area (Å²) < 4.78 is 0. The van der Waals surface area contributed by atoms with Gasteiger partial charge in [0.05, 0.1) is 0 Å². The zero-order valence-electron chi connectivity index (χ0n) is 11.7. The number of carboxylic acids is 1. The average Bonchev–Trinajstić information content (AvgIpc) is 2.34. The van der Waals surface area contributed by atoms with E-state index in [1.165, 1.54) is 0 Å². The van der Waals surface area contributed by atoms with Crippen LogP contribution in [0, 0.1) is 6.92 Å². The molecule has 4 nitrogen and oxygen atoms in total. The van der Waals surface area contributed by atoms with Crippen LogP contribution in [0.15, 0.2) is 18.2 Å². The summed E-state index contributed by atoms with van der Waals surface area (Å²) in [5.41, 5.74) is 2.72. The molecule has 0 aliphatic carbocycles. The summed E-state index contributed by atoms with van der Waals surface area (Å²) in [4.78, 5) is 22.4. The van der Waals surface area contributed by atoms with Crippen LogP contribution in [0.3, 0.4) is 0 Å². The first-order valence-electron chi connectivity index (χ1n) is 6.52. The van der Waals surface area contributed by atoms with E-state index in [9.17, 15) is 9.59 Å². The van der Waals surface area contributed by atoms with E-state index in [2.05, 4.69) is 19.2 Å². The van der Waals surface area contributed by atoms with E-state index in [-0.39, 0.29) is 12.3 Å². The van der Waals surface area contributed by atoms with Crippen LogP contribution < -0.4 is 5.32 Å². The molecular formula is C15H21NO3. The number of aryl methyl sites for hydroxylation is 1. The smallest absolute Gasteiger partial charge is 0.303 e. The first kappa shape index (κ1) is 15.2. The zero-order valence-corrected chi connectivity index (χ0v) is 11.7. The van der Waals surface area contributed by atoms with E-state index in [4.69, 9.17) is 5.11 Å². The van der Waals surface area contributed by atoms with Gasteiger partial charge in [-0.15, -0.1) is 0 Å². The Morgan fingerprint density at radius 3 is 2.58 bits per heavy atom. The largest absolute Gasteiger partial charge is 0.481 e. The van der Waals surface area contributed by atoms with Gasteiger partial charge in [-0.2, -0.15) is 0 Å². The summed E-state index contributed by atoms with van der Waals surface area (Å²) in [5, 5.41) is 11.3. The van der Waals surface area contributed by atoms with Gasteiger partial charge in [-0.1, -0.05) is 26.0 Å². The summed E-state index contributed by atoms with van der Waals surface area (Å²) in [6, 6.07) is 5.88. The van der Waals surface area contributed by atoms with Crippen molar-refractivity contribution in [2.24, 2.45) is 0 Å². The van der Waals surface area contributed by atoms with Gasteiger partial charge in [0, 0.05) is 18.5 Å². The van der Waals surface area contributed by atoms with E-state index >= 15 is 0 Å². The minimum absolute atomic E-state index is 0.0747. The van der Waals surface area contributed by atoms with Crippen molar-refractivity contribution in [2.75, 3.05) is 6.54 Å². The molecule has 0 saturated heterocycles. The highest BCUT2D eigenvalue weighted by Crippen LogP contribution is 2.18. The molecule has 0 atom stereocenters. The van der Waals surface area contributed by atoms with Gasteiger partial charge in [0.2, 0.25) is 0 Å². The molecule has 1 aromatic carbocycles. The Bertz CT molecular complexity index is 466. The van der Waals surface area contributed by atoms with Crippen molar-refractivity contribution >= 4 is 11.9 Å². The van der Waals surface area contributed by atoms with E-state index in [0.29, 0.717) is 24.4 Å². The normalized spacial score (nSPS) is 10.5. The second-order valence-electron chi connectivity index (χ2n) is 4.98. The first-order valence-corrected chi connectivity index (χ1v) is 6.52. The van der Waals surface area contributed by atoms with E-state index in [1.54, 1.807) is 0 Å². The standard InChI is InChI=1S/C15H21NO3/c1-10(2)12-7-6-11(3)13(9-12)15(19)16-8-4-5-14(17)18/h6-7,9-10H,4-5,8H2,1-3H3,(H,16,19)(H,17,18). The Labute approximate surface area is 113 Å². The summed E-state index contributed by atoms with van der Waals surface area (Å²) in [7, 11) is 0. The molecule has 0 heterocycles. The summed E-state index contributed by atoms with van der Waals surface area (Å²) in [6.45, 7) is 6.45. The molecule has 0 unspecified atom stereocenters. The number of hydrogen-bond acceptors (Lipinski definition) is 2. The molecule has 2 N–H and O–H groups in total. The van der Waals surface area contributed by atoms with Crippen LogP contribution in [-0.4, -0.2) is 23.5 Å². The van der Waals surface area contributed by atoms with Crippen LogP contribution in [0.25, 0.3) is 0 Å². The molecule has 0 aliphatic rings. The topological polar surface area (TPSA) is 66.4 Å². The number of hydrogen-bond donors (Lipinski definition) is 2. The van der Waals surface area contributed by atoms with Crippen LogP contribution in [0.2, 0.25) is 0 Å². The molecule has 0 fully saturated rings. The van der Waals surface area contributed by atoms with Gasteiger partial charge in [0.25, 0.3) is 5.91 Å². The summed E-state index contributed by atoms with van der Waals surface area (Å²) in [6.07, 6.45) is 0.523. The van der Waals surface area contributed by atoms with Crippen molar-refractivity contribution < 1.29 is 14.7 Å². The van der Waals surface area contributed by atoms with Gasteiger partial charge in [0.15, 0.2) is 0 Å². The second kappa shape index (κ2) is 6.92. The Hall–Kier alpha value is -1.84. The third-order valence-electron chi connectivity index (χ3n) is 3.03. The Kier molecular flexibility index (Phi) is 5.55. The molecular weight excluding hydrogens is 242 g/mol. The van der Waals surface area contributed by atoms with Crippen LogP contribution in [0.4, 0.5) is 0 Å². The Morgan fingerprint density at radius 1 is 1.32 bits per heavy atom. The first-order chi connectivity index (χ1) is 8.91. The van der Waals surface area contributed by atoms with Crippen molar-refractivity contribution in [3.63, 3.8) is 0 Å². The maximum Gasteiger partial charge on any atom is 0.303 e. The highest BCUT2D eigenvalue weighted by Gasteiger charge is 2.10. The minimum atomic E-state index is -0.841. The number of nitrogens with one attached hydrogen (secondary N) is 1. The summed E-state index contributed by atoms with van der Waals surface area (Å²) in [5.74, 6) is -0.600. The molecule has 19 heavy (non-hydrogen) atoms. The van der Waals surface area contributed by atoms with Gasteiger partial charge >= 0.3 is 5.97 Å². The van der Waals surface area contributed by atoms with Gasteiger partial charge in [-0.3, -0.25) is 9.59 Å². The Balaban J connectivity index is 2.65. The molecule has 0 radical (unpaired) electrons. The predicted octanol–water partition coefficient (Wildman–Crippen LogP) is 2.71. The molecule has 0 aliphatic heterocycles. The van der Waals surface area contributed by atoms with Crippen LogP contribution in [0.1, 0.15) is 54.1 Å². The fourth-order valence-electron chi connectivity index (χ4n) is 1.78. The molecule has 1 rings (SSSR count). The van der Waals surface area contributed by atoms with Crippen molar-refractivity contribution in [2.45, 2.75) is 39.5 Å². The number of carbonyl (C=O) groups excluding carboxylic acids is 1. The SMILES string of the molecule is Cc1ccc(C(C)C)cc1C(=O)NCCCC(=O)O. The maximum absolute atomic E-state index is 12.0. The van der Waals surface area contributed by atoms with Gasteiger partial charge in [-0.05, 0) is 36.5 Å². The van der Waals surface area contributed by atoms with Crippen molar-refractivity contribution in [3.05, 3.63) is 34.9 Å². The van der Waals surface area contributed by atoms with Crippen LogP contribution in [0.5, 0.6) is 0 Å². The quantitative estimate of drug-likeness (QED) is 0.775. The molecule has 1 amide bonds. The van der Waals surface area contributed by atoms with E-state index < -0.39 is 5.97 Å². The monoisotopic (exact) mass is 263 g/mol. The summed E-state index contributed by atoms with van der Waals surface area (Å²) >= 11 is 0.